The van der Waals surface area contributed by atoms with E-state index in [0.717, 1.165) is 11.4 Å². The predicted molar refractivity (Wildman–Crippen MR) is 54.0 cm³/mol. The Hall–Kier alpha value is -1.04. The largest absolute Gasteiger partial charge is 0.342 e. The second-order valence-corrected chi connectivity index (χ2v) is 3.72. The van der Waals surface area contributed by atoms with Crippen LogP contribution in [0.2, 0.25) is 0 Å². The molecule has 0 amide bonds. The molecular weight excluding hydrogens is 194 g/mol. The number of hydrogen-bond acceptors (Lipinski definition) is 5. The zero-order valence-corrected chi connectivity index (χ0v) is 8.93. The summed E-state index contributed by atoms with van der Waals surface area (Å²) in [7, 11) is 0. The van der Waals surface area contributed by atoms with Crippen molar-refractivity contribution in [1.82, 2.24) is 9.97 Å². The molecule has 2 N–H and O–H groups in total. The first kappa shape index (κ1) is 10.5. The normalized spacial score (nSPS) is 30.7. The van der Waals surface area contributed by atoms with Crippen LogP contribution >= 0.6 is 0 Å². The number of aryl methyl sites for hydroxylation is 1. The van der Waals surface area contributed by atoms with Gasteiger partial charge in [0.05, 0.1) is 18.4 Å². The Kier molecular flexibility index (Phi) is 2.68. The van der Waals surface area contributed by atoms with Crippen molar-refractivity contribution >= 4 is 0 Å². The number of ether oxygens (including phenoxy) is 2. The molecule has 0 bridgehead atoms. The summed E-state index contributed by atoms with van der Waals surface area (Å²) in [5.41, 5.74) is 7.07. The summed E-state index contributed by atoms with van der Waals surface area (Å²) in [5, 5.41) is 0. The van der Waals surface area contributed by atoms with Gasteiger partial charge in [-0.2, -0.15) is 0 Å². The Morgan fingerprint density at radius 3 is 2.87 bits per heavy atom. The van der Waals surface area contributed by atoms with E-state index in [1.807, 2.05) is 13.8 Å². The van der Waals surface area contributed by atoms with E-state index in [9.17, 15) is 0 Å². The molecule has 2 heterocycles. The molecule has 0 saturated carbocycles. The Balaban J connectivity index is 2.27. The molecule has 5 nitrogen and oxygen atoms in total. The van der Waals surface area contributed by atoms with E-state index in [1.54, 1.807) is 12.4 Å². The average Bonchev–Trinajstić information content (AvgIpc) is 2.62. The summed E-state index contributed by atoms with van der Waals surface area (Å²) < 4.78 is 11.3. The van der Waals surface area contributed by atoms with Crippen LogP contribution in [-0.2, 0) is 15.3 Å². The molecule has 15 heavy (non-hydrogen) atoms. The smallest absolute Gasteiger partial charge is 0.211 e. The van der Waals surface area contributed by atoms with Gasteiger partial charge in [-0.05, 0) is 13.8 Å². The Morgan fingerprint density at radius 1 is 1.53 bits per heavy atom. The topological polar surface area (TPSA) is 70.3 Å². The monoisotopic (exact) mass is 209 g/mol. The highest BCUT2D eigenvalue weighted by molar-refractivity contribution is 5.15. The first-order valence-corrected chi connectivity index (χ1v) is 4.95. The van der Waals surface area contributed by atoms with E-state index < -0.39 is 5.79 Å². The van der Waals surface area contributed by atoms with E-state index in [0.29, 0.717) is 13.2 Å². The van der Waals surface area contributed by atoms with E-state index in [-0.39, 0.29) is 6.10 Å². The van der Waals surface area contributed by atoms with Crippen LogP contribution in [0.4, 0.5) is 0 Å². The highest BCUT2D eigenvalue weighted by atomic mass is 16.7. The first-order valence-electron chi connectivity index (χ1n) is 4.95. The van der Waals surface area contributed by atoms with Crippen LogP contribution in [0.25, 0.3) is 0 Å². The standard InChI is InChI=1S/C10H15N3O2/c1-7-9(13-4-3-12-7)10(2)14-6-8(5-11)15-10/h3-4,8H,5-6,11H2,1-2H3. The summed E-state index contributed by atoms with van der Waals surface area (Å²) >= 11 is 0. The van der Waals surface area contributed by atoms with Crippen molar-refractivity contribution in [2.75, 3.05) is 13.2 Å². The summed E-state index contributed by atoms with van der Waals surface area (Å²) in [6.45, 7) is 4.69. The highest BCUT2D eigenvalue weighted by Gasteiger charge is 2.40. The van der Waals surface area contributed by atoms with Gasteiger partial charge in [0, 0.05) is 18.9 Å². The fraction of sp³-hybridized carbons (Fsp3) is 0.600. The highest BCUT2D eigenvalue weighted by Crippen LogP contribution is 2.33. The van der Waals surface area contributed by atoms with Crippen molar-refractivity contribution in [1.29, 1.82) is 0 Å². The maximum absolute atomic E-state index is 5.72. The lowest BCUT2D eigenvalue weighted by Gasteiger charge is -2.23. The van der Waals surface area contributed by atoms with Crippen LogP contribution in [0.15, 0.2) is 12.4 Å². The lowest BCUT2D eigenvalue weighted by atomic mass is 10.2. The first-order chi connectivity index (χ1) is 7.15. The van der Waals surface area contributed by atoms with E-state index in [1.165, 1.54) is 0 Å². The van der Waals surface area contributed by atoms with Crippen molar-refractivity contribution < 1.29 is 9.47 Å². The van der Waals surface area contributed by atoms with Gasteiger partial charge < -0.3 is 15.2 Å². The molecule has 0 spiro atoms. The molecule has 2 unspecified atom stereocenters. The lowest BCUT2D eigenvalue weighted by molar-refractivity contribution is -0.164. The number of hydrogen-bond donors (Lipinski definition) is 1. The van der Waals surface area contributed by atoms with Crippen molar-refractivity contribution in [3.8, 4) is 0 Å². The molecule has 0 aromatic carbocycles. The number of nitrogens with two attached hydrogens (primary N) is 1. The second-order valence-electron chi connectivity index (χ2n) is 3.72. The minimum atomic E-state index is -0.803. The van der Waals surface area contributed by atoms with Gasteiger partial charge in [-0.1, -0.05) is 0 Å². The number of nitrogens with zero attached hydrogens (tertiary/aromatic N) is 2. The molecular formula is C10H15N3O2. The molecule has 2 rings (SSSR count). The van der Waals surface area contributed by atoms with Crippen LogP contribution in [0, 0.1) is 6.92 Å². The number of rotatable bonds is 2. The van der Waals surface area contributed by atoms with Gasteiger partial charge in [-0.15, -0.1) is 0 Å². The van der Waals surface area contributed by atoms with Crippen molar-refractivity contribution in [3.05, 3.63) is 23.8 Å². The molecule has 0 aliphatic carbocycles. The molecule has 2 atom stereocenters. The Bertz CT molecular complexity index is 358. The fourth-order valence-electron chi connectivity index (χ4n) is 1.73. The molecule has 1 aromatic rings. The molecule has 0 radical (unpaired) electrons. The van der Waals surface area contributed by atoms with Gasteiger partial charge in [-0.3, -0.25) is 9.97 Å². The summed E-state index contributed by atoms with van der Waals surface area (Å²) in [6, 6.07) is 0. The molecule has 82 valence electrons. The third-order valence-electron chi connectivity index (χ3n) is 2.51. The molecule has 1 aliphatic heterocycles. The van der Waals surface area contributed by atoms with Crippen LogP contribution in [0.3, 0.4) is 0 Å². The van der Waals surface area contributed by atoms with Gasteiger partial charge in [0.25, 0.3) is 0 Å². The molecule has 1 fully saturated rings. The molecule has 1 saturated heterocycles. The fourth-order valence-corrected chi connectivity index (χ4v) is 1.73. The maximum Gasteiger partial charge on any atom is 0.211 e. The van der Waals surface area contributed by atoms with Crippen LogP contribution < -0.4 is 5.73 Å². The maximum atomic E-state index is 5.72. The van der Waals surface area contributed by atoms with Crippen LogP contribution in [-0.4, -0.2) is 29.2 Å². The van der Waals surface area contributed by atoms with Gasteiger partial charge in [0.2, 0.25) is 5.79 Å². The average molecular weight is 209 g/mol. The Labute approximate surface area is 88.6 Å². The summed E-state index contributed by atoms with van der Waals surface area (Å²) in [4.78, 5) is 8.41. The summed E-state index contributed by atoms with van der Waals surface area (Å²) in [6.07, 6.45) is 3.23. The minimum absolute atomic E-state index is 0.0589. The summed E-state index contributed by atoms with van der Waals surface area (Å²) in [5.74, 6) is -0.803. The van der Waals surface area contributed by atoms with Crippen LogP contribution in [0.1, 0.15) is 18.3 Å². The van der Waals surface area contributed by atoms with E-state index in [2.05, 4.69) is 9.97 Å². The third kappa shape index (κ3) is 1.86. The zero-order valence-electron chi connectivity index (χ0n) is 8.93. The van der Waals surface area contributed by atoms with Crippen molar-refractivity contribution in [2.45, 2.75) is 25.7 Å². The van der Waals surface area contributed by atoms with Gasteiger partial charge in [0.1, 0.15) is 5.69 Å². The third-order valence-corrected chi connectivity index (χ3v) is 2.51. The number of aromatic nitrogens is 2. The molecule has 1 aromatic heterocycles. The molecule has 1 aliphatic rings. The zero-order chi connectivity index (χ0) is 10.9. The Morgan fingerprint density at radius 2 is 2.27 bits per heavy atom. The van der Waals surface area contributed by atoms with Crippen molar-refractivity contribution in [3.63, 3.8) is 0 Å². The lowest BCUT2D eigenvalue weighted by Crippen LogP contribution is -2.29. The van der Waals surface area contributed by atoms with Gasteiger partial charge >= 0.3 is 0 Å². The van der Waals surface area contributed by atoms with E-state index >= 15 is 0 Å². The van der Waals surface area contributed by atoms with Crippen LogP contribution in [0.5, 0.6) is 0 Å². The predicted octanol–water partition coefficient (Wildman–Crippen LogP) is 0.332. The van der Waals surface area contributed by atoms with Gasteiger partial charge in [0.15, 0.2) is 0 Å². The molecule has 5 heteroatoms. The quantitative estimate of drug-likeness (QED) is 0.760. The van der Waals surface area contributed by atoms with Gasteiger partial charge in [-0.25, -0.2) is 0 Å². The van der Waals surface area contributed by atoms with E-state index in [4.69, 9.17) is 15.2 Å². The second kappa shape index (κ2) is 3.84. The minimum Gasteiger partial charge on any atom is -0.342 e. The SMILES string of the molecule is Cc1nccnc1C1(C)OCC(CN)O1. The van der Waals surface area contributed by atoms with Crippen molar-refractivity contribution in [2.24, 2.45) is 5.73 Å².